The molecule has 0 saturated carbocycles. The number of fused-ring (bicyclic) bond motifs is 4. The maximum Gasteiger partial charge on any atom is 0.287 e. The molecule has 0 aliphatic carbocycles. The van der Waals surface area contributed by atoms with Crippen LogP contribution >= 0.6 is 0 Å². The molecule has 0 saturated heterocycles. The molecule has 4 N–H and O–H groups in total. The number of imidazole rings is 4. The molecule has 408 valence electrons. The average Bonchev–Trinajstić information content (AvgIpc) is 4.51. The highest BCUT2D eigenvalue weighted by Crippen LogP contribution is 2.28. The third-order valence-electron chi connectivity index (χ3n) is 13.6. The van der Waals surface area contributed by atoms with Gasteiger partial charge in [0.2, 0.25) is 11.6 Å². The zero-order valence-electron chi connectivity index (χ0n) is 44.2. The molecule has 8 aromatic heterocycles. The number of ether oxygens (including phenoxy) is 3. The molecule has 0 aliphatic heterocycles. The maximum atomic E-state index is 13.7. The Kier molecular flexibility index (Phi) is 14.2. The lowest BCUT2D eigenvalue weighted by molar-refractivity contribution is -0.0904. The average molecular weight is 1090 g/mol. The first-order valence-corrected chi connectivity index (χ1v) is 26.1. The van der Waals surface area contributed by atoms with Crippen molar-refractivity contribution in [3.63, 3.8) is 0 Å². The minimum absolute atomic E-state index is 0.181. The van der Waals surface area contributed by atoms with Crippen LogP contribution in [-0.2, 0) is 27.4 Å². The zero-order valence-corrected chi connectivity index (χ0v) is 44.2. The standard InChI is InChI=1S/C58H54N16O7/c1-37(80-36-43-31-74(68-66-43)45-22-18-39(19-23-45)47-33-72-55(78)49-53(64-57(72)60-47)70(26-11-28-76)51(62-49)41-14-8-5-9-15-41)34-81-58(2,3)24-29-79-35-42-30-73(67-65-42)44-20-16-38(17-21-44)46-32-71-54(77)48-52(63-56(71)59-46)69(25-10-27-75)50(61-48)40-12-6-4-7-13-40/h4-23,25-26,30-33,37,75-76H,24,27-29,34-36H2,1-3H3,(H,59,63)(H,60,64). The van der Waals surface area contributed by atoms with E-state index < -0.39 is 5.60 Å². The summed E-state index contributed by atoms with van der Waals surface area (Å²) >= 11 is 0. The first kappa shape index (κ1) is 51.9. The molecular weight excluding hydrogens is 1030 g/mol. The van der Waals surface area contributed by atoms with E-state index in [2.05, 4.69) is 40.6 Å². The Bertz CT molecular complexity index is 4370. The van der Waals surface area contributed by atoms with E-state index in [-0.39, 0.29) is 54.7 Å². The number of aliphatic hydroxyl groups excluding tert-OH is 2. The fourth-order valence-corrected chi connectivity index (χ4v) is 9.27. The molecule has 12 aromatic rings. The van der Waals surface area contributed by atoms with Gasteiger partial charge in [-0.1, -0.05) is 95.4 Å². The number of aliphatic hydroxyl groups is 2. The molecule has 4 aromatic carbocycles. The molecule has 1 unspecified atom stereocenters. The molecule has 8 heterocycles. The minimum atomic E-state index is -0.487. The number of nitrogens with one attached hydrogen (secondary N) is 2. The molecular formula is C58H54N16O7. The fraction of sp³-hybridized carbons (Fsp3) is 0.207. The number of rotatable bonds is 21. The largest absolute Gasteiger partial charge is 0.392 e. The van der Waals surface area contributed by atoms with Crippen LogP contribution in [0, 0.1) is 0 Å². The minimum Gasteiger partial charge on any atom is -0.392 e. The van der Waals surface area contributed by atoms with Crippen LogP contribution in [0.2, 0.25) is 0 Å². The molecule has 0 bridgehead atoms. The van der Waals surface area contributed by atoms with Gasteiger partial charge in [0.15, 0.2) is 22.3 Å². The SMILES string of the molecule is CC(COC(C)(C)CCOCc1cn(-c2ccc(-c3cn4c(=O)c5nc(-c6ccccc6)n(C=CCO)c5nc4[nH]3)cc2)nn1)OCc1cn(-c2ccc(-c3cn4c(=O)c5nc(-c6ccccc6)n(C=CCO)c5nc4[nH]3)cc2)nn1. The Morgan fingerprint density at radius 2 is 1.06 bits per heavy atom. The van der Waals surface area contributed by atoms with Crippen molar-refractivity contribution < 1.29 is 24.4 Å². The second kappa shape index (κ2) is 22.2. The summed E-state index contributed by atoms with van der Waals surface area (Å²) in [7, 11) is 0. The summed E-state index contributed by atoms with van der Waals surface area (Å²) in [6.07, 6.45) is 13.9. The first-order valence-electron chi connectivity index (χ1n) is 26.1. The Morgan fingerprint density at radius 3 is 1.53 bits per heavy atom. The summed E-state index contributed by atoms with van der Waals surface area (Å²) < 4.78 is 28.0. The van der Waals surface area contributed by atoms with Gasteiger partial charge in [-0.05, 0) is 74.7 Å². The molecule has 1 atom stereocenters. The monoisotopic (exact) mass is 1090 g/mol. The third-order valence-corrected chi connectivity index (χ3v) is 13.6. The molecule has 0 spiro atoms. The van der Waals surface area contributed by atoms with Crippen LogP contribution in [0.4, 0.5) is 0 Å². The van der Waals surface area contributed by atoms with Gasteiger partial charge in [-0.15, -0.1) is 10.2 Å². The second-order valence-corrected chi connectivity index (χ2v) is 19.8. The van der Waals surface area contributed by atoms with E-state index in [1.54, 1.807) is 55.4 Å². The third kappa shape index (κ3) is 10.6. The van der Waals surface area contributed by atoms with Gasteiger partial charge in [0, 0.05) is 42.5 Å². The Morgan fingerprint density at radius 1 is 0.593 bits per heavy atom. The lowest BCUT2D eigenvalue weighted by Crippen LogP contribution is -2.30. The summed E-state index contributed by atoms with van der Waals surface area (Å²) in [6.45, 7) is 6.93. The highest BCUT2D eigenvalue weighted by Gasteiger charge is 2.23. The molecule has 12 rings (SSSR count). The molecule has 0 aliphatic rings. The van der Waals surface area contributed by atoms with Crippen LogP contribution in [-0.4, -0.2) is 126 Å². The Labute approximate surface area is 460 Å². The van der Waals surface area contributed by atoms with Crippen molar-refractivity contribution in [3.05, 3.63) is 178 Å². The molecule has 23 heteroatoms. The highest BCUT2D eigenvalue weighted by atomic mass is 16.5. The van der Waals surface area contributed by atoms with Crippen LogP contribution in [0.15, 0.2) is 156 Å². The van der Waals surface area contributed by atoms with Crippen molar-refractivity contribution in [1.82, 2.24) is 77.8 Å². The second-order valence-electron chi connectivity index (χ2n) is 19.8. The molecule has 23 nitrogen and oxygen atoms in total. The predicted octanol–water partition coefficient (Wildman–Crippen LogP) is 7.12. The Hall–Kier alpha value is -9.78. The van der Waals surface area contributed by atoms with Gasteiger partial charge in [-0.25, -0.2) is 28.1 Å². The van der Waals surface area contributed by atoms with Crippen LogP contribution in [0.3, 0.4) is 0 Å². The lowest BCUT2D eigenvalue weighted by Gasteiger charge is -2.27. The van der Waals surface area contributed by atoms with Gasteiger partial charge < -0.3 is 34.4 Å². The number of aromatic amines is 2. The van der Waals surface area contributed by atoms with Crippen molar-refractivity contribution >= 4 is 46.3 Å². The summed E-state index contributed by atoms with van der Waals surface area (Å²) in [5, 5.41) is 36.3. The fourth-order valence-electron chi connectivity index (χ4n) is 9.27. The van der Waals surface area contributed by atoms with Crippen molar-refractivity contribution in [3.8, 4) is 56.7 Å². The van der Waals surface area contributed by atoms with E-state index in [0.717, 1.165) is 33.6 Å². The van der Waals surface area contributed by atoms with Crippen molar-refractivity contribution in [2.24, 2.45) is 0 Å². The quantitative estimate of drug-likeness (QED) is 0.0522. The van der Waals surface area contributed by atoms with E-state index in [1.807, 2.05) is 142 Å². The zero-order chi connectivity index (χ0) is 55.6. The van der Waals surface area contributed by atoms with Gasteiger partial charge in [-0.3, -0.25) is 18.7 Å². The molecule has 81 heavy (non-hydrogen) atoms. The lowest BCUT2D eigenvalue weighted by atomic mass is 10.1. The molecule has 0 radical (unpaired) electrons. The maximum absolute atomic E-state index is 13.7. The predicted molar refractivity (Wildman–Crippen MR) is 303 cm³/mol. The number of benzene rings is 4. The van der Waals surface area contributed by atoms with E-state index in [0.29, 0.717) is 76.9 Å². The van der Waals surface area contributed by atoms with Gasteiger partial charge in [0.05, 0.1) is 79.9 Å². The van der Waals surface area contributed by atoms with Crippen molar-refractivity contribution in [2.45, 2.75) is 52.1 Å². The smallest absolute Gasteiger partial charge is 0.287 e. The Balaban J connectivity index is 0.603. The van der Waals surface area contributed by atoms with Crippen LogP contribution < -0.4 is 11.1 Å². The summed E-state index contributed by atoms with van der Waals surface area (Å²) in [6, 6.07) is 34.4. The first-order chi connectivity index (χ1) is 39.5. The number of hydrogen-bond acceptors (Lipinski definition) is 15. The van der Waals surface area contributed by atoms with Gasteiger partial charge in [0.1, 0.15) is 23.0 Å². The van der Waals surface area contributed by atoms with E-state index in [1.165, 1.54) is 8.80 Å². The number of H-pyrrole nitrogens is 2. The molecule has 0 fully saturated rings. The van der Waals surface area contributed by atoms with Crippen LogP contribution in [0.1, 0.15) is 38.6 Å². The van der Waals surface area contributed by atoms with Crippen molar-refractivity contribution in [2.75, 3.05) is 26.4 Å². The van der Waals surface area contributed by atoms with Crippen molar-refractivity contribution in [1.29, 1.82) is 0 Å². The van der Waals surface area contributed by atoms with E-state index in [9.17, 15) is 19.8 Å². The van der Waals surface area contributed by atoms with Gasteiger partial charge in [0.25, 0.3) is 11.1 Å². The number of aromatic nitrogens is 16. The van der Waals surface area contributed by atoms with Gasteiger partial charge >= 0.3 is 0 Å². The molecule has 0 amide bonds. The summed E-state index contributed by atoms with van der Waals surface area (Å²) in [4.78, 5) is 52.9. The summed E-state index contributed by atoms with van der Waals surface area (Å²) in [5.74, 6) is 1.79. The normalized spacial score (nSPS) is 12.7. The number of hydrogen-bond donors (Lipinski definition) is 4. The van der Waals surface area contributed by atoms with Crippen LogP contribution in [0.5, 0.6) is 0 Å². The topological polar surface area (TPSA) is 266 Å². The highest BCUT2D eigenvalue weighted by molar-refractivity contribution is 5.83. The van der Waals surface area contributed by atoms with E-state index >= 15 is 0 Å². The van der Waals surface area contributed by atoms with Gasteiger partial charge in [-0.2, -0.15) is 9.97 Å². The number of nitrogens with zero attached hydrogens (tertiary/aromatic N) is 14. The van der Waals surface area contributed by atoms with Crippen LogP contribution in [0.25, 0.3) is 103 Å². The summed E-state index contributed by atoms with van der Waals surface area (Å²) in [5.41, 5.74) is 7.59. The van der Waals surface area contributed by atoms with E-state index in [4.69, 9.17) is 24.2 Å².